The maximum absolute atomic E-state index is 9.87. The zero-order valence-corrected chi connectivity index (χ0v) is 7.53. The standard InChI is InChI=1S/C11H14O2/c12-10-4-1-3-9(7-10)8-11(13)5-2-6-11/h1,3-4,7,12-13H,2,5-6,8H2. The van der Waals surface area contributed by atoms with Crippen LogP contribution in [0.15, 0.2) is 24.3 Å². The van der Waals surface area contributed by atoms with E-state index >= 15 is 0 Å². The molecule has 0 atom stereocenters. The molecule has 0 unspecified atom stereocenters. The van der Waals surface area contributed by atoms with Gasteiger partial charge in [0.05, 0.1) is 5.60 Å². The lowest BCUT2D eigenvalue weighted by Crippen LogP contribution is -2.38. The SMILES string of the molecule is Oc1cccc(CC2(O)CCC2)c1. The van der Waals surface area contributed by atoms with Gasteiger partial charge in [0.2, 0.25) is 0 Å². The molecule has 2 nitrogen and oxygen atoms in total. The predicted molar refractivity (Wildman–Crippen MR) is 50.6 cm³/mol. The van der Waals surface area contributed by atoms with Crippen LogP contribution in [0.5, 0.6) is 5.75 Å². The number of hydrogen-bond donors (Lipinski definition) is 2. The summed E-state index contributed by atoms with van der Waals surface area (Å²) in [5.41, 5.74) is 0.524. The van der Waals surface area contributed by atoms with Gasteiger partial charge in [-0.15, -0.1) is 0 Å². The highest BCUT2D eigenvalue weighted by Crippen LogP contribution is 2.34. The minimum absolute atomic E-state index is 0.278. The van der Waals surface area contributed by atoms with Crippen molar-refractivity contribution in [3.05, 3.63) is 29.8 Å². The molecule has 0 heterocycles. The highest BCUT2D eigenvalue weighted by atomic mass is 16.3. The van der Waals surface area contributed by atoms with E-state index in [4.69, 9.17) is 0 Å². The molecule has 1 fully saturated rings. The van der Waals surface area contributed by atoms with E-state index in [0.29, 0.717) is 6.42 Å². The molecule has 0 saturated heterocycles. The van der Waals surface area contributed by atoms with Gasteiger partial charge in [0.25, 0.3) is 0 Å². The lowest BCUT2D eigenvalue weighted by molar-refractivity contribution is -0.0323. The van der Waals surface area contributed by atoms with Gasteiger partial charge >= 0.3 is 0 Å². The zero-order valence-electron chi connectivity index (χ0n) is 7.53. The van der Waals surface area contributed by atoms with E-state index in [0.717, 1.165) is 24.8 Å². The fraction of sp³-hybridized carbons (Fsp3) is 0.455. The molecule has 1 aliphatic rings. The van der Waals surface area contributed by atoms with Crippen LogP contribution >= 0.6 is 0 Å². The molecule has 1 saturated carbocycles. The molecular weight excluding hydrogens is 164 g/mol. The van der Waals surface area contributed by atoms with Crippen molar-refractivity contribution >= 4 is 0 Å². The van der Waals surface area contributed by atoms with E-state index in [9.17, 15) is 10.2 Å². The summed E-state index contributed by atoms with van der Waals surface area (Å²) >= 11 is 0. The van der Waals surface area contributed by atoms with Crippen molar-refractivity contribution in [1.82, 2.24) is 0 Å². The van der Waals surface area contributed by atoms with Gasteiger partial charge in [-0.1, -0.05) is 12.1 Å². The van der Waals surface area contributed by atoms with Gasteiger partial charge in [-0.3, -0.25) is 0 Å². The lowest BCUT2D eigenvalue weighted by Gasteiger charge is -2.36. The molecule has 0 aliphatic heterocycles. The summed E-state index contributed by atoms with van der Waals surface area (Å²) in [6, 6.07) is 7.12. The molecule has 0 bridgehead atoms. The summed E-state index contributed by atoms with van der Waals surface area (Å²) in [4.78, 5) is 0. The summed E-state index contributed by atoms with van der Waals surface area (Å²) in [7, 11) is 0. The van der Waals surface area contributed by atoms with Crippen molar-refractivity contribution in [3.63, 3.8) is 0 Å². The Morgan fingerprint density at radius 3 is 2.62 bits per heavy atom. The number of phenols is 1. The van der Waals surface area contributed by atoms with Gasteiger partial charge in [-0.05, 0) is 37.0 Å². The summed E-state index contributed by atoms with van der Waals surface area (Å²) in [6.45, 7) is 0. The average Bonchev–Trinajstić information content (AvgIpc) is 2.01. The second kappa shape index (κ2) is 3.04. The second-order valence-corrected chi connectivity index (χ2v) is 3.92. The first-order valence-electron chi connectivity index (χ1n) is 4.68. The molecule has 2 heteroatoms. The first-order chi connectivity index (χ1) is 6.18. The number of aliphatic hydroxyl groups is 1. The predicted octanol–water partition coefficient (Wildman–Crippen LogP) is 1.85. The number of benzene rings is 1. The maximum atomic E-state index is 9.87. The third-order valence-electron chi connectivity index (χ3n) is 2.73. The van der Waals surface area contributed by atoms with E-state index in [-0.39, 0.29) is 5.75 Å². The summed E-state index contributed by atoms with van der Waals surface area (Å²) in [5, 5.41) is 19.1. The quantitative estimate of drug-likeness (QED) is 0.725. The molecule has 0 radical (unpaired) electrons. The van der Waals surface area contributed by atoms with Crippen LogP contribution in [0.3, 0.4) is 0 Å². The maximum Gasteiger partial charge on any atom is 0.115 e. The fourth-order valence-electron chi connectivity index (χ4n) is 1.81. The van der Waals surface area contributed by atoms with Gasteiger partial charge in [0, 0.05) is 6.42 Å². The minimum atomic E-state index is -0.492. The van der Waals surface area contributed by atoms with Crippen molar-refractivity contribution in [2.45, 2.75) is 31.3 Å². The van der Waals surface area contributed by atoms with Crippen LogP contribution in [-0.2, 0) is 6.42 Å². The molecule has 2 N–H and O–H groups in total. The van der Waals surface area contributed by atoms with Gasteiger partial charge in [0.1, 0.15) is 5.75 Å². The molecule has 1 aromatic rings. The van der Waals surface area contributed by atoms with Crippen LogP contribution in [0.25, 0.3) is 0 Å². The van der Waals surface area contributed by atoms with E-state index in [1.165, 1.54) is 0 Å². The third-order valence-corrected chi connectivity index (χ3v) is 2.73. The lowest BCUT2D eigenvalue weighted by atomic mass is 9.76. The van der Waals surface area contributed by atoms with Crippen molar-refractivity contribution in [2.75, 3.05) is 0 Å². The van der Waals surface area contributed by atoms with Crippen LogP contribution < -0.4 is 0 Å². The van der Waals surface area contributed by atoms with Crippen molar-refractivity contribution in [1.29, 1.82) is 0 Å². The topological polar surface area (TPSA) is 40.5 Å². The molecular formula is C11H14O2. The normalized spacial score (nSPS) is 19.5. The van der Waals surface area contributed by atoms with E-state index in [1.807, 2.05) is 12.1 Å². The Hall–Kier alpha value is -1.02. The Kier molecular flexibility index (Phi) is 2.00. The molecule has 13 heavy (non-hydrogen) atoms. The minimum Gasteiger partial charge on any atom is -0.508 e. The molecule has 1 aromatic carbocycles. The Morgan fingerprint density at radius 2 is 2.08 bits per heavy atom. The smallest absolute Gasteiger partial charge is 0.115 e. The highest BCUT2D eigenvalue weighted by molar-refractivity contribution is 5.28. The number of rotatable bonds is 2. The van der Waals surface area contributed by atoms with Crippen LogP contribution in [0.1, 0.15) is 24.8 Å². The van der Waals surface area contributed by atoms with Crippen molar-refractivity contribution < 1.29 is 10.2 Å². The number of hydrogen-bond acceptors (Lipinski definition) is 2. The van der Waals surface area contributed by atoms with Gasteiger partial charge in [-0.2, -0.15) is 0 Å². The van der Waals surface area contributed by atoms with E-state index in [2.05, 4.69) is 0 Å². The summed E-state index contributed by atoms with van der Waals surface area (Å²) in [6.07, 6.45) is 3.57. The van der Waals surface area contributed by atoms with Crippen LogP contribution in [-0.4, -0.2) is 15.8 Å². The van der Waals surface area contributed by atoms with Gasteiger partial charge < -0.3 is 10.2 Å². The Balaban J connectivity index is 2.09. The molecule has 0 aromatic heterocycles. The number of aromatic hydroxyl groups is 1. The number of phenolic OH excluding ortho intramolecular Hbond substituents is 1. The van der Waals surface area contributed by atoms with E-state index in [1.54, 1.807) is 12.1 Å². The average molecular weight is 178 g/mol. The first kappa shape index (κ1) is 8.57. The molecule has 2 rings (SSSR count). The Bertz CT molecular complexity index is 303. The monoisotopic (exact) mass is 178 g/mol. The highest BCUT2D eigenvalue weighted by Gasteiger charge is 2.34. The Morgan fingerprint density at radius 1 is 1.31 bits per heavy atom. The summed E-state index contributed by atoms with van der Waals surface area (Å²) in [5.74, 6) is 0.278. The zero-order chi connectivity index (χ0) is 9.31. The third kappa shape index (κ3) is 1.83. The van der Waals surface area contributed by atoms with Crippen LogP contribution in [0.2, 0.25) is 0 Å². The van der Waals surface area contributed by atoms with Crippen LogP contribution in [0.4, 0.5) is 0 Å². The largest absolute Gasteiger partial charge is 0.508 e. The molecule has 1 aliphatic carbocycles. The molecule has 0 amide bonds. The summed E-state index contributed by atoms with van der Waals surface area (Å²) < 4.78 is 0. The molecule has 70 valence electrons. The van der Waals surface area contributed by atoms with Crippen molar-refractivity contribution in [2.24, 2.45) is 0 Å². The first-order valence-corrected chi connectivity index (χ1v) is 4.68. The van der Waals surface area contributed by atoms with Crippen LogP contribution in [0, 0.1) is 0 Å². The second-order valence-electron chi connectivity index (χ2n) is 3.92. The van der Waals surface area contributed by atoms with Gasteiger partial charge in [0.15, 0.2) is 0 Å². The molecule has 0 spiro atoms. The van der Waals surface area contributed by atoms with Gasteiger partial charge in [-0.25, -0.2) is 0 Å². The Labute approximate surface area is 77.8 Å². The van der Waals surface area contributed by atoms with E-state index < -0.39 is 5.60 Å². The fourth-order valence-corrected chi connectivity index (χ4v) is 1.81. The van der Waals surface area contributed by atoms with Crippen molar-refractivity contribution in [3.8, 4) is 5.75 Å².